The molecule has 0 saturated carbocycles. The zero-order valence-electron chi connectivity index (χ0n) is 9.79. The van der Waals surface area contributed by atoms with Gasteiger partial charge in [-0.3, -0.25) is 0 Å². The predicted octanol–water partition coefficient (Wildman–Crippen LogP) is 3.16. The Bertz CT molecular complexity index is 523. The van der Waals surface area contributed by atoms with Crippen molar-refractivity contribution in [2.75, 3.05) is 5.73 Å². The Morgan fingerprint density at radius 1 is 1.44 bits per heavy atom. The SMILES string of the molecule is CC(C)(C)Cc1nc(Cl)c2c(N)cccn12. The molecule has 2 rings (SSSR count). The van der Waals surface area contributed by atoms with E-state index in [1.807, 2.05) is 22.7 Å². The van der Waals surface area contributed by atoms with Crippen molar-refractivity contribution >= 4 is 22.8 Å². The number of nitrogen functional groups attached to an aromatic ring is 1. The number of rotatable bonds is 1. The van der Waals surface area contributed by atoms with Gasteiger partial charge in [0.05, 0.1) is 5.69 Å². The predicted molar refractivity (Wildman–Crippen MR) is 67.8 cm³/mol. The van der Waals surface area contributed by atoms with Gasteiger partial charge in [0.2, 0.25) is 0 Å². The second kappa shape index (κ2) is 3.67. The molecule has 0 atom stereocenters. The molecule has 86 valence electrons. The summed E-state index contributed by atoms with van der Waals surface area (Å²) in [6.45, 7) is 6.52. The van der Waals surface area contributed by atoms with E-state index in [0.29, 0.717) is 10.8 Å². The van der Waals surface area contributed by atoms with Crippen molar-refractivity contribution in [3.8, 4) is 0 Å². The Labute approximate surface area is 100 Å². The Morgan fingerprint density at radius 2 is 2.12 bits per heavy atom. The summed E-state index contributed by atoms with van der Waals surface area (Å²) in [7, 11) is 0. The van der Waals surface area contributed by atoms with Gasteiger partial charge in [-0.1, -0.05) is 32.4 Å². The first kappa shape index (κ1) is 11.3. The quantitative estimate of drug-likeness (QED) is 0.828. The lowest BCUT2D eigenvalue weighted by Crippen LogP contribution is -2.12. The van der Waals surface area contributed by atoms with E-state index in [4.69, 9.17) is 17.3 Å². The summed E-state index contributed by atoms with van der Waals surface area (Å²) < 4.78 is 1.98. The third-order valence-corrected chi connectivity index (χ3v) is 2.68. The Morgan fingerprint density at radius 3 is 2.75 bits per heavy atom. The van der Waals surface area contributed by atoms with E-state index in [1.54, 1.807) is 0 Å². The Kier molecular flexibility index (Phi) is 2.58. The van der Waals surface area contributed by atoms with Crippen LogP contribution in [0.4, 0.5) is 5.69 Å². The van der Waals surface area contributed by atoms with E-state index in [9.17, 15) is 0 Å². The minimum Gasteiger partial charge on any atom is -0.397 e. The standard InChI is InChI=1S/C12H16ClN3/c1-12(2,3)7-9-15-11(13)10-8(14)5-4-6-16(9)10/h4-6H,7,14H2,1-3H3. The number of imidazole rings is 1. The van der Waals surface area contributed by atoms with Crippen LogP contribution in [0.25, 0.3) is 5.52 Å². The molecule has 0 saturated heterocycles. The Balaban J connectivity index is 2.60. The fraction of sp³-hybridized carbons (Fsp3) is 0.417. The summed E-state index contributed by atoms with van der Waals surface area (Å²) in [4.78, 5) is 4.38. The molecule has 0 bridgehead atoms. The van der Waals surface area contributed by atoms with Crippen LogP contribution in [0.15, 0.2) is 18.3 Å². The Hall–Kier alpha value is -1.22. The van der Waals surface area contributed by atoms with Gasteiger partial charge in [-0.05, 0) is 17.5 Å². The molecule has 0 aliphatic rings. The van der Waals surface area contributed by atoms with E-state index < -0.39 is 0 Å². The van der Waals surface area contributed by atoms with Crippen molar-refractivity contribution in [3.05, 3.63) is 29.3 Å². The second-order valence-electron chi connectivity index (χ2n) is 5.24. The van der Waals surface area contributed by atoms with Gasteiger partial charge in [-0.2, -0.15) is 0 Å². The molecule has 2 N–H and O–H groups in total. The highest BCUT2D eigenvalue weighted by molar-refractivity contribution is 6.33. The molecule has 0 aromatic carbocycles. The molecule has 0 aliphatic heterocycles. The van der Waals surface area contributed by atoms with Gasteiger partial charge in [0, 0.05) is 12.6 Å². The number of nitrogens with two attached hydrogens (primary N) is 1. The van der Waals surface area contributed by atoms with Crippen molar-refractivity contribution < 1.29 is 0 Å². The maximum Gasteiger partial charge on any atom is 0.157 e. The van der Waals surface area contributed by atoms with Crippen LogP contribution in [0, 0.1) is 5.41 Å². The maximum atomic E-state index is 6.10. The second-order valence-corrected chi connectivity index (χ2v) is 5.60. The third-order valence-electron chi connectivity index (χ3n) is 2.41. The molecule has 4 heteroatoms. The van der Waals surface area contributed by atoms with Crippen LogP contribution in [-0.2, 0) is 6.42 Å². The summed E-state index contributed by atoms with van der Waals surface area (Å²) in [5.41, 5.74) is 7.54. The highest BCUT2D eigenvalue weighted by Crippen LogP contribution is 2.27. The van der Waals surface area contributed by atoms with Gasteiger partial charge in [-0.25, -0.2) is 4.98 Å². The lowest BCUT2D eigenvalue weighted by molar-refractivity contribution is 0.400. The lowest BCUT2D eigenvalue weighted by atomic mass is 9.92. The van der Waals surface area contributed by atoms with Crippen LogP contribution < -0.4 is 5.73 Å². The molecule has 0 spiro atoms. The third kappa shape index (κ3) is 2.00. The molecule has 3 nitrogen and oxygen atoms in total. The molecule has 0 fully saturated rings. The number of aromatic nitrogens is 2. The van der Waals surface area contributed by atoms with Crippen molar-refractivity contribution in [2.45, 2.75) is 27.2 Å². The summed E-state index contributed by atoms with van der Waals surface area (Å²) in [6, 6.07) is 3.75. The number of pyridine rings is 1. The number of hydrogen-bond donors (Lipinski definition) is 1. The minimum atomic E-state index is 0.176. The fourth-order valence-electron chi connectivity index (χ4n) is 1.78. The van der Waals surface area contributed by atoms with Crippen LogP contribution in [0.1, 0.15) is 26.6 Å². The van der Waals surface area contributed by atoms with Gasteiger partial charge < -0.3 is 10.1 Å². The molecule has 0 aliphatic carbocycles. The zero-order chi connectivity index (χ0) is 11.9. The summed E-state index contributed by atoms with van der Waals surface area (Å²) >= 11 is 6.10. The maximum absolute atomic E-state index is 6.10. The molecule has 2 aromatic rings. The van der Waals surface area contributed by atoms with E-state index in [-0.39, 0.29) is 5.41 Å². The smallest absolute Gasteiger partial charge is 0.157 e. The van der Waals surface area contributed by atoms with E-state index in [0.717, 1.165) is 17.8 Å². The van der Waals surface area contributed by atoms with Gasteiger partial charge >= 0.3 is 0 Å². The van der Waals surface area contributed by atoms with E-state index in [2.05, 4.69) is 25.8 Å². The summed E-state index contributed by atoms with van der Waals surface area (Å²) in [5.74, 6) is 0.958. The highest BCUT2D eigenvalue weighted by Gasteiger charge is 2.18. The van der Waals surface area contributed by atoms with Crippen molar-refractivity contribution in [2.24, 2.45) is 5.41 Å². The molecule has 0 unspecified atom stereocenters. The number of hydrogen-bond acceptors (Lipinski definition) is 2. The van der Waals surface area contributed by atoms with Crippen LogP contribution >= 0.6 is 11.6 Å². The zero-order valence-corrected chi connectivity index (χ0v) is 10.5. The molecule has 2 aromatic heterocycles. The average Bonchev–Trinajstić information content (AvgIpc) is 2.42. The number of anilines is 1. The number of nitrogens with zero attached hydrogens (tertiary/aromatic N) is 2. The number of fused-ring (bicyclic) bond motifs is 1. The van der Waals surface area contributed by atoms with Crippen LogP contribution in [0.3, 0.4) is 0 Å². The van der Waals surface area contributed by atoms with Crippen LogP contribution in [0.5, 0.6) is 0 Å². The summed E-state index contributed by atoms with van der Waals surface area (Å²) in [6.07, 6.45) is 2.82. The number of halogens is 1. The molecular formula is C12H16ClN3. The molecule has 0 radical (unpaired) electrons. The van der Waals surface area contributed by atoms with Crippen LogP contribution in [0.2, 0.25) is 5.15 Å². The average molecular weight is 238 g/mol. The molecule has 2 heterocycles. The molecular weight excluding hydrogens is 222 g/mol. The summed E-state index contributed by atoms with van der Waals surface area (Å²) in [5, 5.41) is 0.484. The molecule has 0 amide bonds. The largest absolute Gasteiger partial charge is 0.397 e. The van der Waals surface area contributed by atoms with Gasteiger partial charge in [0.1, 0.15) is 11.3 Å². The normalized spacial score (nSPS) is 12.2. The van der Waals surface area contributed by atoms with Crippen molar-refractivity contribution in [1.82, 2.24) is 9.38 Å². The van der Waals surface area contributed by atoms with Gasteiger partial charge in [0.25, 0.3) is 0 Å². The van der Waals surface area contributed by atoms with Crippen molar-refractivity contribution in [1.29, 1.82) is 0 Å². The van der Waals surface area contributed by atoms with Gasteiger partial charge in [-0.15, -0.1) is 0 Å². The van der Waals surface area contributed by atoms with E-state index >= 15 is 0 Å². The van der Waals surface area contributed by atoms with Crippen LogP contribution in [-0.4, -0.2) is 9.38 Å². The first-order valence-electron chi connectivity index (χ1n) is 5.29. The highest BCUT2D eigenvalue weighted by atomic mass is 35.5. The topological polar surface area (TPSA) is 43.3 Å². The minimum absolute atomic E-state index is 0.176. The van der Waals surface area contributed by atoms with Gasteiger partial charge in [0.15, 0.2) is 5.15 Å². The fourth-order valence-corrected chi connectivity index (χ4v) is 2.08. The first-order valence-corrected chi connectivity index (χ1v) is 5.67. The monoisotopic (exact) mass is 237 g/mol. The van der Waals surface area contributed by atoms with E-state index in [1.165, 1.54) is 0 Å². The first-order chi connectivity index (χ1) is 7.38. The lowest BCUT2D eigenvalue weighted by Gasteiger charge is -2.16. The molecule has 16 heavy (non-hydrogen) atoms. The van der Waals surface area contributed by atoms with Crippen molar-refractivity contribution in [3.63, 3.8) is 0 Å².